The molecule has 19 heavy (non-hydrogen) atoms. The maximum Gasteiger partial charge on any atom is 0.180 e. The van der Waals surface area contributed by atoms with Crippen LogP contribution in [0.3, 0.4) is 0 Å². The molecule has 1 fully saturated rings. The Morgan fingerprint density at radius 2 is 2.05 bits per heavy atom. The molecule has 1 aliphatic rings. The maximum absolute atomic E-state index is 13.1. The Morgan fingerprint density at radius 3 is 2.68 bits per heavy atom. The summed E-state index contributed by atoms with van der Waals surface area (Å²) in [5.74, 6) is -0.982. The van der Waals surface area contributed by atoms with E-state index in [1.165, 1.54) is 6.07 Å². The first-order valence-electron chi connectivity index (χ1n) is 6.35. The van der Waals surface area contributed by atoms with Crippen LogP contribution in [0.5, 0.6) is 5.75 Å². The third-order valence-electron chi connectivity index (χ3n) is 3.12. The number of morpholine rings is 1. The highest BCUT2D eigenvalue weighted by Crippen LogP contribution is 2.19. The SMILES string of the molecule is C[C@@H]1CN(CC(=O)c2cc(F)ccc2O)C[C@H](C)O1. The molecule has 0 aliphatic carbocycles. The van der Waals surface area contributed by atoms with Crippen LogP contribution in [0.15, 0.2) is 18.2 Å². The second-order valence-corrected chi connectivity index (χ2v) is 5.04. The molecule has 0 bridgehead atoms. The number of benzene rings is 1. The standard InChI is InChI=1S/C14H18FNO3/c1-9-6-16(7-10(2)19-9)8-14(18)12-5-11(15)3-4-13(12)17/h3-5,9-10,17H,6-8H2,1-2H3/t9-,10+. The van der Waals surface area contributed by atoms with Crippen LogP contribution in [0.2, 0.25) is 0 Å². The van der Waals surface area contributed by atoms with Crippen LogP contribution in [0.4, 0.5) is 4.39 Å². The third kappa shape index (κ3) is 3.52. The number of ether oxygens (including phenoxy) is 1. The monoisotopic (exact) mass is 267 g/mol. The van der Waals surface area contributed by atoms with Crippen LogP contribution in [-0.4, -0.2) is 47.6 Å². The first kappa shape index (κ1) is 14.0. The van der Waals surface area contributed by atoms with E-state index in [4.69, 9.17) is 4.74 Å². The second kappa shape index (κ2) is 5.67. The molecule has 2 atom stereocenters. The summed E-state index contributed by atoms with van der Waals surface area (Å²) in [5.41, 5.74) is 0.0341. The number of hydrogen-bond donors (Lipinski definition) is 1. The van der Waals surface area contributed by atoms with Gasteiger partial charge in [0.05, 0.1) is 24.3 Å². The highest BCUT2D eigenvalue weighted by Gasteiger charge is 2.24. The van der Waals surface area contributed by atoms with Gasteiger partial charge >= 0.3 is 0 Å². The summed E-state index contributed by atoms with van der Waals surface area (Å²) in [6, 6.07) is 3.41. The maximum atomic E-state index is 13.1. The number of carbonyl (C=O) groups excluding carboxylic acids is 1. The predicted octanol–water partition coefficient (Wildman–Crippen LogP) is 1.82. The van der Waals surface area contributed by atoms with Gasteiger partial charge in [0.2, 0.25) is 0 Å². The Morgan fingerprint density at radius 1 is 1.42 bits per heavy atom. The summed E-state index contributed by atoms with van der Waals surface area (Å²) < 4.78 is 18.7. The molecule has 1 aromatic carbocycles. The van der Waals surface area contributed by atoms with Gasteiger partial charge in [-0.05, 0) is 32.0 Å². The van der Waals surface area contributed by atoms with Crippen LogP contribution < -0.4 is 0 Å². The summed E-state index contributed by atoms with van der Waals surface area (Å²) in [5, 5.41) is 9.61. The molecule has 1 aliphatic heterocycles. The van der Waals surface area contributed by atoms with Crippen molar-refractivity contribution in [1.29, 1.82) is 0 Å². The number of nitrogens with zero attached hydrogens (tertiary/aromatic N) is 1. The molecule has 2 rings (SSSR count). The van der Waals surface area contributed by atoms with Crippen LogP contribution >= 0.6 is 0 Å². The van der Waals surface area contributed by atoms with Gasteiger partial charge in [-0.1, -0.05) is 0 Å². The topological polar surface area (TPSA) is 49.8 Å². The van der Waals surface area contributed by atoms with E-state index in [0.717, 1.165) is 12.1 Å². The highest BCUT2D eigenvalue weighted by atomic mass is 19.1. The number of ketones is 1. The minimum atomic E-state index is -0.523. The molecular formula is C14H18FNO3. The number of halogens is 1. The molecule has 1 aromatic rings. The zero-order valence-corrected chi connectivity index (χ0v) is 11.1. The zero-order valence-electron chi connectivity index (χ0n) is 11.1. The van der Waals surface area contributed by atoms with E-state index in [-0.39, 0.29) is 35.8 Å². The summed E-state index contributed by atoms with van der Waals surface area (Å²) in [6.45, 7) is 5.38. The number of phenols is 1. The number of aromatic hydroxyl groups is 1. The molecule has 5 heteroatoms. The van der Waals surface area contributed by atoms with Crippen molar-refractivity contribution < 1.29 is 19.0 Å². The van der Waals surface area contributed by atoms with Gasteiger partial charge in [0.1, 0.15) is 11.6 Å². The Bertz CT molecular complexity index is 468. The Hall–Kier alpha value is -1.46. The normalized spacial score (nSPS) is 24.4. The number of Topliss-reactive ketones (excluding diaryl/α,β-unsaturated/α-hetero) is 1. The lowest BCUT2D eigenvalue weighted by atomic mass is 10.1. The summed E-state index contributed by atoms with van der Waals surface area (Å²) >= 11 is 0. The summed E-state index contributed by atoms with van der Waals surface area (Å²) in [7, 11) is 0. The molecule has 1 heterocycles. The van der Waals surface area contributed by atoms with Crippen molar-refractivity contribution in [2.75, 3.05) is 19.6 Å². The molecule has 1 N–H and O–H groups in total. The first-order valence-corrected chi connectivity index (χ1v) is 6.35. The van der Waals surface area contributed by atoms with Gasteiger partial charge in [-0.3, -0.25) is 9.69 Å². The van der Waals surface area contributed by atoms with Crippen molar-refractivity contribution in [1.82, 2.24) is 4.90 Å². The van der Waals surface area contributed by atoms with Crippen LogP contribution in [0, 0.1) is 5.82 Å². The van der Waals surface area contributed by atoms with Gasteiger partial charge in [-0.25, -0.2) is 4.39 Å². The molecule has 0 spiro atoms. The van der Waals surface area contributed by atoms with Crippen molar-refractivity contribution in [2.24, 2.45) is 0 Å². The number of phenolic OH excluding ortho intramolecular Hbond substituents is 1. The largest absolute Gasteiger partial charge is 0.507 e. The Kier molecular flexibility index (Phi) is 4.17. The fourth-order valence-corrected chi connectivity index (χ4v) is 2.43. The minimum absolute atomic E-state index is 0.0341. The average Bonchev–Trinajstić information content (AvgIpc) is 2.30. The predicted molar refractivity (Wildman–Crippen MR) is 68.8 cm³/mol. The van der Waals surface area contributed by atoms with Crippen molar-refractivity contribution in [3.05, 3.63) is 29.6 Å². The molecule has 0 unspecified atom stereocenters. The van der Waals surface area contributed by atoms with Gasteiger partial charge in [0.15, 0.2) is 5.78 Å². The van der Waals surface area contributed by atoms with Crippen molar-refractivity contribution in [2.45, 2.75) is 26.1 Å². The molecule has 0 radical (unpaired) electrons. The molecule has 4 nitrogen and oxygen atoms in total. The highest BCUT2D eigenvalue weighted by molar-refractivity contribution is 6.00. The minimum Gasteiger partial charge on any atom is -0.507 e. The van der Waals surface area contributed by atoms with Crippen LogP contribution in [-0.2, 0) is 4.74 Å². The number of rotatable bonds is 3. The lowest BCUT2D eigenvalue weighted by Gasteiger charge is -2.34. The molecule has 0 aromatic heterocycles. The molecule has 1 saturated heterocycles. The lowest BCUT2D eigenvalue weighted by molar-refractivity contribution is -0.0652. The Balaban J connectivity index is 2.06. The van der Waals surface area contributed by atoms with Gasteiger partial charge in [-0.15, -0.1) is 0 Å². The fraction of sp³-hybridized carbons (Fsp3) is 0.500. The van der Waals surface area contributed by atoms with E-state index in [1.54, 1.807) is 0 Å². The van der Waals surface area contributed by atoms with Crippen LogP contribution in [0.1, 0.15) is 24.2 Å². The summed E-state index contributed by atoms with van der Waals surface area (Å²) in [4.78, 5) is 14.1. The van der Waals surface area contributed by atoms with Gasteiger partial charge in [0.25, 0.3) is 0 Å². The third-order valence-corrected chi connectivity index (χ3v) is 3.12. The van der Waals surface area contributed by atoms with E-state index in [9.17, 15) is 14.3 Å². The van der Waals surface area contributed by atoms with E-state index in [2.05, 4.69) is 0 Å². The lowest BCUT2D eigenvalue weighted by Crippen LogP contribution is -2.47. The van der Waals surface area contributed by atoms with Crippen molar-refractivity contribution >= 4 is 5.78 Å². The first-order chi connectivity index (χ1) is 8.95. The molecule has 0 amide bonds. The van der Waals surface area contributed by atoms with Crippen LogP contribution in [0.25, 0.3) is 0 Å². The molecular weight excluding hydrogens is 249 g/mol. The van der Waals surface area contributed by atoms with Gasteiger partial charge in [-0.2, -0.15) is 0 Å². The molecule has 104 valence electrons. The fourth-order valence-electron chi connectivity index (χ4n) is 2.43. The van der Waals surface area contributed by atoms with Crippen molar-refractivity contribution in [3.8, 4) is 5.75 Å². The smallest absolute Gasteiger partial charge is 0.180 e. The molecule has 0 saturated carbocycles. The van der Waals surface area contributed by atoms with Gasteiger partial charge < -0.3 is 9.84 Å². The van der Waals surface area contributed by atoms with E-state index in [0.29, 0.717) is 13.1 Å². The number of carbonyl (C=O) groups is 1. The second-order valence-electron chi connectivity index (χ2n) is 5.04. The van der Waals surface area contributed by atoms with E-state index < -0.39 is 5.82 Å². The van der Waals surface area contributed by atoms with Gasteiger partial charge in [0, 0.05) is 13.1 Å². The van der Waals surface area contributed by atoms with E-state index >= 15 is 0 Å². The quantitative estimate of drug-likeness (QED) is 0.849. The zero-order chi connectivity index (χ0) is 14.0. The Labute approximate surface area is 111 Å². The van der Waals surface area contributed by atoms with E-state index in [1.807, 2.05) is 18.7 Å². The number of hydrogen-bond acceptors (Lipinski definition) is 4. The summed E-state index contributed by atoms with van der Waals surface area (Å²) in [6.07, 6.45) is 0.135. The average molecular weight is 267 g/mol. The van der Waals surface area contributed by atoms with Crippen molar-refractivity contribution in [3.63, 3.8) is 0 Å².